The van der Waals surface area contributed by atoms with Gasteiger partial charge in [0.1, 0.15) is 0 Å². The van der Waals surface area contributed by atoms with Crippen molar-refractivity contribution >= 4 is 5.91 Å². The van der Waals surface area contributed by atoms with Gasteiger partial charge in [0.15, 0.2) is 0 Å². The van der Waals surface area contributed by atoms with Gasteiger partial charge in [-0.25, -0.2) is 0 Å². The van der Waals surface area contributed by atoms with Crippen LogP contribution in [0.15, 0.2) is 30.3 Å². The zero-order valence-corrected chi connectivity index (χ0v) is 13.9. The van der Waals surface area contributed by atoms with Crippen LogP contribution in [0.5, 0.6) is 0 Å². The fourth-order valence-electron chi connectivity index (χ4n) is 3.15. The Balaban J connectivity index is 1.94. The Kier molecular flexibility index (Phi) is 5.24. The molecule has 1 amide bonds. The van der Waals surface area contributed by atoms with Gasteiger partial charge in [-0.2, -0.15) is 0 Å². The Morgan fingerprint density at radius 1 is 1.32 bits per heavy atom. The van der Waals surface area contributed by atoms with E-state index in [0.717, 1.165) is 6.42 Å². The lowest BCUT2D eigenvalue weighted by Gasteiger charge is -2.35. The van der Waals surface area contributed by atoms with Crippen molar-refractivity contribution in [1.29, 1.82) is 0 Å². The molecule has 22 heavy (non-hydrogen) atoms. The lowest BCUT2D eigenvalue weighted by molar-refractivity contribution is -0.130. The van der Waals surface area contributed by atoms with Gasteiger partial charge in [-0.05, 0) is 37.2 Å². The van der Waals surface area contributed by atoms with Gasteiger partial charge < -0.3 is 15.8 Å². The minimum absolute atomic E-state index is 0.00535. The molecule has 1 aliphatic heterocycles. The van der Waals surface area contributed by atoms with Gasteiger partial charge in [0.2, 0.25) is 5.91 Å². The molecule has 1 aromatic carbocycles. The summed E-state index contributed by atoms with van der Waals surface area (Å²) in [6, 6.07) is 10.5. The number of hydrogen-bond acceptors (Lipinski definition) is 3. The fraction of sp³-hybridized carbons (Fsp3) is 0.611. The molecule has 0 aliphatic carbocycles. The van der Waals surface area contributed by atoms with Crippen LogP contribution >= 0.6 is 0 Å². The molecule has 4 heteroatoms. The van der Waals surface area contributed by atoms with Gasteiger partial charge in [-0.3, -0.25) is 4.79 Å². The van der Waals surface area contributed by atoms with Crippen molar-refractivity contribution in [3.8, 4) is 0 Å². The van der Waals surface area contributed by atoms with Gasteiger partial charge in [0.05, 0.1) is 5.54 Å². The summed E-state index contributed by atoms with van der Waals surface area (Å²) in [6.45, 7) is 7.59. The highest BCUT2D eigenvalue weighted by Crippen LogP contribution is 2.28. The highest BCUT2D eigenvalue weighted by atomic mass is 16.5. The smallest absolute Gasteiger partial charge is 0.240 e. The quantitative estimate of drug-likeness (QED) is 0.878. The van der Waals surface area contributed by atoms with Crippen LogP contribution in [0.4, 0.5) is 0 Å². The summed E-state index contributed by atoms with van der Waals surface area (Å²) in [4.78, 5) is 12.5. The Labute approximate surface area is 133 Å². The number of rotatable bonds is 5. The molecule has 1 aromatic rings. The monoisotopic (exact) mass is 304 g/mol. The number of nitrogens with one attached hydrogen (secondary N) is 1. The first-order valence-corrected chi connectivity index (χ1v) is 8.07. The van der Waals surface area contributed by atoms with E-state index >= 15 is 0 Å². The molecule has 0 spiro atoms. The standard InChI is InChI=1S/C18H28N2O2/c1-14(13-17(2,3)15-7-5-4-6-8-15)20-16(21)18(19)9-11-22-12-10-18/h4-8,14H,9-13,19H2,1-3H3,(H,20,21). The van der Waals surface area contributed by atoms with E-state index in [1.165, 1.54) is 5.56 Å². The zero-order chi connectivity index (χ0) is 16.2. The minimum Gasteiger partial charge on any atom is -0.381 e. The second-order valence-electron chi connectivity index (χ2n) is 7.10. The third kappa shape index (κ3) is 4.08. The van der Waals surface area contributed by atoms with Crippen molar-refractivity contribution in [1.82, 2.24) is 5.32 Å². The predicted molar refractivity (Wildman–Crippen MR) is 88.7 cm³/mol. The number of amides is 1. The summed E-state index contributed by atoms with van der Waals surface area (Å²) in [6.07, 6.45) is 2.05. The number of nitrogens with two attached hydrogens (primary N) is 1. The molecular weight excluding hydrogens is 276 g/mol. The van der Waals surface area contributed by atoms with Crippen LogP contribution in [-0.4, -0.2) is 30.7 Å². The maximum absolute atomic E-state index is 12.5. The molecule has 1 heterocycles. The Hall–Kier alpha value is -1.39. The van der Waals surface area contributed by atoms with Crippen molar-refractivity contribution < 1.29 is 9.53 Å². The normalized spacial score (nSPS) is 19.5. The summed E-state index contributed by atoms with van der Waals surface area (Å²) in [7, 11) is 0. The van der Waals surface area contributed by atoms with Crippen LogP contribution in [0, 0.1) is 0 Å². The Morgan fingerprint density at radius 3 is 2.50 bits per heavy atom. The maximum atomic E-state index is 12.5. The number of carbonyl (C=O) groups excluding carboxylic acids is 1. The van der Waals surface area contributed by atoms with Crippen LogP contribution in [0.25, 0.3) is 0 Å². The molecule has 0 radical (unpaired) electrons. The van der Waals surface area contributed by atoms with Crippen molar-refractivity contribution in [2.45, 2.75) is 57.0 Å². The summed E-state index contributed by atoms with van der Waals surface area (Å²) in [5.41, 5.74) is 6.75. The second-order valence-corrected chi connectivity index (χ2v) is 7.10. The van der Waals surface area contributed by atoms with E-state index in [4.69, 9.17) is 10.5 Å². The summed E-state index contributed by atoms with van der Waals surface area (Å²) < 4.78 is 5.30. The van der Waals surface area contributed by atoms with Gasteiger partial charge in [0, 0.05) is 19.3 Å². The molecule has 1 atom stereocenters. The van der Waals surface area contributed by atoms with Crippen LogP contribution in [0.2, 0.25) is 0 Å². The molecule has 3 N–H and O–H groups in total. The van der Waals surface area contributed by atoms with Crippen LogP contribution in [0.1, 0.15) is 45.6 Å². The highest BCUT2D eigenvalue weighted by Gasteiger charge is 2.37. The Bertz CT molecular complexity index is 493. The molecule has 1 aliphatic rings. The summed E-state index contributed by atoms with van der Waals surface area (Å²) >= 11 is 0. The van der Waals surface area contributed by atoms with E-state index in [0.29, 0.717) is 26.1 Å². The molecule has 1 saturated heterocycles. The largest absolute Gasteiger partial charge is 0.381 e. The van der Waals surface area contributed by atoms with E-state index in [9.17, 15) is 4.79 Å². The molecule has 1 fully saturated rings. The van der Waals surface area contributed by atoms with Crippen molar-refractivity contribution in [2.24, 2.45) is 5.73 Å². The fourth-order valence-corrected chi connectivity index (χ4v) is 3.15. The lowest BCUT2D eigenvalue weighted by atomic mass is 9.79. The molecule has 2 rings (SSSR count). The molecule has 0 aromatic heterocycles. The minimum atomic E-state index is -0.774. The lowest BCUT2D eigenvalue weighted by Crippen LogP contribution is -2.58. The van der Waals surface area contributed by atoms with Crippen LogP contribution in [0.3, 0.4) is 0 Å². The van der Waals surface area contributed by atoms with E-state index in [1.807, 2.05) is 13.0 Å². The van der Waals surface area contributed by atoms with E-state index < -0.39 is 5.54 Å². The average Bonchev–Trinajstić information content (AvgIpc) is 2.48. The number of benzene rings is 1. The second kappa shape index (κ2) is 6.80. The van der Waals surface area contributed by atoms with Gasteiger partial charge >= 0.3 is 0 Å². The third-order valence-corrected chi connectivity index (χ3v) is 4.59. The molecule has 0 saturated carbocycles. The van der Waals surface area contributed by atoms with Gasteiger partial charge in [-0.1, -0.05) is 44.2 Å². The third-order valence-electron chi connectivity index (χ3n) is 4.59. The number of carbonyl (C=O) groups is 1. The molecule has 1 unspecified atom stereocenters. The highest BCUT2D eigenvalue weighted by molar-refractivity contribution is 5.86. The van der Waals surface area contributed by atoms with Crippen molar-refractivity contribution in [3.05, 3.63) is 35.9 Å². The maximum Gasteiger partial charge on any atom is 0.240 e. The van der Waals surface area contributed by atoms with E-state index in [1.54, 1.807) is 0 Å². The molecule has 0 bridgehead atoms. The predicted octanol–water partition coefficient (Wildman–Crippen LogP) is 2.37. The van der Waals surface area contributed by atoms with E-state index in [-0.39, 0.29) is 17.4 Å². The van der Waals surface area contributed by atoms with Crippen LogP contribution in [-0.2, 0) is 14.9 Å². The zero-order valence-electron chi connectivity index (χ0n) is 13.9. The number of ether oxygens (including phenoxy) is 1. The summed E-state index contributed by atoms with van der Waals surface area (Å²) in [5.74, 6) is -0.0489. The molecular formula is C18H28N2O2. The first-order chi connectivity index (χ1) is 10.3. The number of hydrogen-bond donors (Lipinski definition) is 2. The van der Waals surface area contributed by atoms with Crippen LogP contribution < -0.4 is 11.1 Å². The van der Waals surface area contributed by atoms with Crippen molar-refractivity contribution in [3.63, 3.8) is 0 Å². The van der Waals surface area contributed by atoms with Crippen molar-refractivity contribution in [2.75, 3.05) is 13.2 Å². The van der Waals surface area contributed by atoms with Gasteiger partial charge in [-0.15, -0.1) is 0 Å². The summed E-state index contributed by atoms with van der Waals surface area (Å²) in [5, 5.41) is 3.10. The molecule has 4 nitrogen and oxygen atoms in total. The Morgan fingerprint density at radius 2 is 1.91 bits per heavy atom. The first kappa shape index (κ1) is 17.0. The van der Waals surface area contributed by atoms with Gasteiger partial charge in [0.25, 0.3) is 0 Å². The molecule has 122 valence electrons. The first-order valence-electron chi connectivity index (χ1n) is 8.07. The SMILES string of the molecule is CC(CC(C)(C)c1ccccc1)NC(=O)C1(N)CCOCC1. The van der Waals surface area contributed by atoms with E-state index in [2.05, 4.69) is 43.4 Å². The average molecular weight is 304 g/mol. The topological polar surface area (TPSA) is 64.4 Å².